The van der Waals surface area contributed by atoms with Crippen molar-refractivity contribution in [3.63, 3.8) is 0 Å². The smallest absolute Gasteiger partial charge is 0.192 e. The minimum atomic E-state index is -2.25. The molecule has 84 heavy (non-hydrogen) atoms. The predicted octanol–water partition coefficient (Wildman–Crippen LogP) is 20.6. The molecule has 1 aromatic heterocycles. The van der Waals surface area contributed by atoms with Crippen molar-refractivity contribution in [2.24, 2.45) is 0 Å². The van der Waals surface area contributed by atoms with Crippen LogP contribution >= 0.6 is 0 Å². The average molecular weight is 1230 g/mol. The van der Waals surface area contributed by atoms with Gasteiger partial charge in [-0.1, -0.05) is 209 Å². The van der Waals surface area contributed by atoms with Gasteiger partial charge in [0, 0.05) is 33.1 Å². The Morgan fingerprint density at radius 2 is 0.583 bits per heavy atom. The van der Waals surface area contributed by atoms with Crippen molar-refractivity contribution in [1.29, 1.82) is 0 Å². The summed E-state index contributed by atoms with van der Waals surface area (Å²) in [5, 5.41) is 4.35. The largest absolute Gasteiger partial charge is 0.412 e. The van der Waals surface area contributed by atoms with Gasteiger partial charge in [-0.25, -0.2) is 9.97 Å². The first-order valence-electron chi connectivity index (χ1n) is 31.5. The average Bonchev–Trinajstić information content (AvgIpc) is 3.62. The van der Waals surface area contributed by atoms with Crippen molar-refractivity contribution in [2.45, 2.75) is 233 Å². The molecule has 0 atom stereocenters. The van der Waals surface area contributed by atoms with Crippen LogP contribution in [-0.4, -0.2) is 85.8 Å². The van der Waals surface area contributed by atoms with E-state index in [0.29, 0.717) is 37.5 Å². The van der Waals surface area contributed by atoms with Gasteiger partial charge in [-0.15, -0.1) is 11.1 Å². The Labute approximate surface area is 517 Å². The van der Waals surface area contributed by atoms with Crippen molar-refractivity contribution in [3.05, 3.63) is 94.1 Å². The van der Waals surface area contributed by atoms with Gasteiger partial charge >= 0.3 is 0 Å². The van der Waals surface area contributed by atoms with Gasteiger partial charge in [-0.3, -0.25) is 0 Å². The van der Waals surface area contributed by atoms with Crippen molar-refractivity contribution >= 4 is 93.0 Å². The zero-order valence-corrected chi connectivity index (χ0v) is 63.4. The lowest BCUT2D eigenvalue weighted by Crippen LogP contribution is -2.42. The zero-order valence-electron chi connectivity index (χ0n) is 57.4. The summed E-state index contributed by atoms with van der Waals surface area (Å²) in [6.07, 6.45) is 0. The Balaban J connectivity index is 1.99. The molecule has 0 bridgehead atoms. The van der Waals surface area contributed by atoms with Crippen LogP contribution in [0.1, 0.15) is 136 Å². The molecule has 6 nitrogen and oxygen atoms in total. The Morgan fingerprint density at radius 1 is 0.345 bits per heavy atom. The summed E-state index contributed by atoms with van der Waals surface area (Å²) >= 11 is 0. The van der Waals surface area contributed by atoms with E-state index in [4.69, 9.17) is 27.7 Å². The Hall–Kier alpha value is -4.14. The van der Waals surface area contributed by atoms with Gasteiger partial charge in [0.1, 0.15) is 27.2 Å². The molecule has 0 saturated heterocycles. The maximum atomic E-state index is 7.13. The minimum Gasteiger partial charge on any atom is -0.412 e. The van der Waals surface area contributed by atoms with Crippen molar-refractivity contribution in [3.8, 4) is 46.6 Å². The molecular formula is C72H108N2O4Si6. The van der Waals surface area contributed by atoms with Gasteiger partial charge in [-0.05, 0) is 132 Å². The van der Waals surface area contributed by atoms with E-state index in [1.54, 1.807) is 0 Å². The van der Waals surface area contributed by atoms with E-state index in [-0.39, 0.29) is 20.2 Å². The van der Waals surface area contributed by atoms with Crippen molar-refractivity contribution in [2.75, 3.05) is 26.4 Å². The normalized spacial score (nSPS) is 14.0. The number of nitrogens with zero attached hydrogens (tertiary/aromatic N) is 2. The summed E-state index contributed by atoms with van der Waals surface area (Å²) in [6.45, 7) is 61.4. The lowest BCUT2D eigenvalue weighted by molar-refractivity contribution is 0.308. The lowest BCUT2D eigenvalue weighted by atomic mass is 9.98. The Bertz CT molecular complexity index is 3260. The van der Waals surface area contributed by atoms with Crippen LogP contribution in [0.4, 0.5) is 0 Å². The molecule has 0 radical (unpaired) electrons. The highest BCUT2D eigenvalue weighted by molar-refractivity contribution is 6.87. The van der Waals surface area contributed by atoms with E-state index in [1.165, 1.54) is 0 Å². The number of benzene rings is 4. The first-order chi connectivity index (χ1) is 38.8. The summed E-state index contributed by atoms with van der Waals surface area (Å²) in [5.41, 5.74) is 16.0. The minimum absolute atomic E-state index is 0.00969. The topological polar surface area (TPSA) is 62.7 Å². The fourth-order valence-corrected chi connectivity index (χ4v) is 17.6. The molecule has 0 unspecified atom stereocenters. The molecule has 0 saturated carbocycles. The van der Waals surface area contributed by atoms with E-state index in [9.17, 15) is 0 Å². The monoisotopic (exact) mass is 1230 g/mol. The fraction of sp³-hybridized carbons (Fsp3) is 0.556. The van der Waals surface area contributed by atoms with E-state index < -0.39 is 49.4 Å². The van der Waals surface area contributed by atoms with E-state index in [1.807, 2.05) is 0 Å². The van der Waals surface area contributed by atoms with Gasteiger partial charge in [0.15, 0.2) is 33.3 Å². The quantitative estimate of drug-likeness (QED) is 0.0377. The Morgan fingerprint density at radius 3 is 0.821 bits per heavy atom. The van der Waals surface area contributed by atoms with Crippen LogP contribution in [0.5, 0.6) is 0 Å². The summed E-state index contributed by atoms with van der Waals surface area (Å²) in [4.78, 5) is 11.4. The highest BCUT2D eigenvalue weighted by atomic mass is 28.4. The molecule has 0 N–H and O–H groups in total. The van der Waals surface area contributed by atoms with Crippen LogP contribution in [0.15, 0.2) is 83.0 Å². The molecule has 0 fully saturated rings. The third-order valence-electron chi connectivity index (χ3n) is 20.5. The van der Waals surface area contributed by atoms with Crippen molar-refractivity contribution in [1.82, 2.24) is 9.97 Å². The first kappa shape index (κ1) is 70.6. The third-order valence-corrected chi connectivity index (χ3v) is 47.8. The summed E-state index contributed by atoms with van der Waals surface area (Å²) in [5.74, 6) is 22.6. The van der Waals surface area contributed by atoms with Gasteiger partial charge in [0.25, 0.3) is 0 Å². The molecular weight excluding hydrogens is 1130 g/mol. The summed E-state index contributed by atoms with van der Waals surface area (Å²) < 4.78 is 28.5. The number of aromatic nitrogens is 2. The molecule has 1 heterocycles. The maximum Gasteiger partial charge on any atom is 0.192 e. The molecule has 12 heteroatoms. The fourth-order valence-electron chi connectivity index (χ4n) is 8.96. The van der Waals surface area contributed by atoms with Crippen LogP contribution in [0.25, 0.3) is 43.6 Å². The number of fused-ring (bicyclic) bond motifs is 7. The van der Waals surface area contributed by atoms with E-state index in [0.717, 1.165) is 102 Å². The second-order valence-electron chi connectivity index (χ2n) is 29.7. The van der Waals surface area contributed by atoms with Crippen molar-refractivity contribution < 1.29 is 17.7 Å². The standard InChI is InChI=1S/C72H108N2O4Si6/c1-27-83(28-2,29-3)49-47-59(53-77-81(23,24)71(13,14)15)57(51-75-79(19,20)69(7,8)9)45-43-55-41-42-56(66-65(55)73-67-63-39-35-33-37-61(63)62-38-34-36-40-64(62)68(67)74-66)44-46-58(52-76-80(21,22)70(10,11)12)60(48-50-84(30-4,31-5)32-6)54-78-82(25,26)72(16,17)18/h33-42H,27-32,51-54H2,1-26H3/b59-57+,60-58+. The van der Waals surface area contributed by atoms with E-state index in [2.05, 4.69) is 284 Å². The second-order valence-corrected chi connectivity index (χ2v) is 58.8. The number of hydrogen-bond acceptors (Lipinski definition) is 6. The molecule has 0 spiro atoms. The number of rotatable bonds is 18. The first-order valence-corrected chi connectivity index (χ1v) is 48.3. The SMILES string of the molecule is CC[Si](C#C/C(CO[Si](C)(C)C(C)(C)C)=C(/C#Cc1ccc(C#C/C(CO[Si](C)(C)C(C)(C)C)=C(/C#C[Si](CC)(CC)CC)CO[Si](C)(C)C(C)(C)C)c2nc3c4ccccc4c4ccccc4c3nc12)CO[Si](C)(C)C(C)(C)C)(CC)CC. The zero-order chi connectivity index (χ0) is 63.1. The van der Waals surface area contributed by atoms with Gasteiger partial charge < -0.3 is 17.7 Å². The van der Waals surface area contributed by atoms with Crippen LogP contribution in [0.3, 0.4) is 0 Å². The number of hydrogen-bond donors (Lipinski definition) is 0. The van der Waals surface area contributed by atoms with Crippen LogP contribution in [-0.2, 0) is 17.7 Å². The van der Waals surface area contributed by atoms with E-state index >= 15 is 0 Å². The third kappa shape index (κ3) is 16.5. The molecule has 0 amide bonds. The molecule has 0 aliphatic heterocycles. The highest BCUT2D eigenvalue weighted by Gasteiger charge is 2.41. The molecule has 0 aliphatic carbocycles. The highest BCUT2D eigenvalue weighted by Crippen LogP contribution is 2.41. The molecule has 0 aliphatic rings. The predicted molar refractivity (Wildman–Crippen MR) is 382 cm³/mol. The molecule has 5 aromatic rings. The van der Waals surface area contributed by atoms with Gasteiger partial charge in [0.2, 0.25) is 0 Å². The maximum absolute atomic E-state index is 7.13. The van der Waals surface area contributed by atoms with Gasteiger partial charge in [-0.2, -0.15) is 0 Å². The van der Waals surface area contributed by atoms with Gasteiger partial charge in [0.05, 0.1) is 48.6 Å². The second kappa shape index (κ2) is 27.5. The summed E-state index contributed by atoms with van der Waals surface area (Å²) in [6, 6.07) is 27.9. The van der Waals surface area contributed by atoms with Crippen LogP contribution in [0, 0.1) is 46.6 Å². The molecule has 4 aromatic carbocycles. The lowest BCUT2D eigenvalue weighted by Gasteiger charge is -2.37. The summed E-state index contributed by atoms with van der Waals surface area (Å²) in [7, 11) is -12.7. The van der Waals surface area contributed by atoms with Crippen LogP contribution in [0.2, 0.25) is 109 Å². The molecule has 5 rings (SSSR count). The van der Waals surface area contributed by atoms with Crippen LogP contribution < -0.4 is 0 Å². The molecule has 454 valence electrons. The Kier molecular flexibility index (Phi) is 23.1.